The van der Waals surface area contributed by atoms with Crippen LogP contribution in [0, 0.1) is 13.8 Å². The number of rotatable bonds is 4. The molecule has 5 heteroatoms. The molecule has 112 valence electrons. The van der Waals surface area contributed by atoms with E-state index >= 15 is 0 Å². The maximum atomic E-state index is 5.26. The Morgan fingerprint density at radius 2 is 2.05 bits per heavy atom. The van der Waals surface area contributed by atoms with Gasteiger partial charge in [0.15, 0.2) is 0 Å². The van der Waals surface area contributed by atoms with Crippen LogP contribution in [0.4, 0.5) is 5.82 Å². The minimum Gasteiger partial charge on any atom is -0.497 e. The Balaban J connectivity index is 1.86. The fourth-order valence-electron chi connectivity index (χ4n) is 2.23. The first kappa shape index (κ1) is 14.5. The number of benzene rings is 1. The van der Waals surface area contributed by atoms with E-state index in [1.807, 2.05) is 30.5 Å². The molecule has 0 spiro atoms. The molecule has 0 amide bonds. The molecule has 4 nitrogen and oxygen atoms in total. The Kier molecular flexibility index (Phi) is 4.06. The molecule has 3 aromatic rings. The summed E-state index contributed by atoms with van der Waals surface area (Å²) < 4.78 is 5.26. The Morgan fingerprint density at radius 3 is 2.77 bits per heavy atom. The van der Waals surface area contributed by atoms with E-state index in [-0.39, 0.29) is 0 Å². The van der Waals surface area contributed by atoms with Gasteiger partial charge in [-0.1, -0.05) is 0 Å². The van der Waals surface area contributed by atoms with Gasteiger partial charge in [-0.25, -0.2) is 4.98 Å². The molecular weight excluding hydrogens is 294 g/mol. The Labute approximate surface area is 133 Å². The van der Waals surface area contributed by atoms with E-state index in [4.69, 9.17) is 4.74 Å². The van der Waals surface area contributed by atoms with Crippen LogP contribution in [0.2, 0.25) is 0 Å². The van der Waals surface area contributed by atoms with E-state index in [0.29, 0.717) is 0 Å². The van der Waals surface area contributed by atoms with Crippen LogP contribution in [0.5, 0.6) is 5.75 Å². The van der Waals surface area contributed by atoms with Gasteiger partial charge in [0, 0.05) is 10.3 Å². The number of thiophene rings is 1. The lowest BCUT2D eigenvalue weighted by molar-refractivity contribution is 0.415. The van der Waals surface area contributed by atoms with Gasteiger partial charge in [0.1, 0.15) is 11.6 Å². The zero-order chi connectivity index (χ0) is 15.5. The largest absolute Gasteiger partial charge is 0.497 e. The van der Waals surface area contributed by atoms with Crippen LogP contribution in [0.25, 0.3) is 10.9 Å². The van der Waals surface area contributed by atoms with Gasteiger partial charge in [-0.15, -0.1) is 11.3 Å². The SMILES string of the molecule is COc1ccc2nc(N/N=C/c3sccc3C)cc(C)c2c1. The highest BCUT2D eigenvalue weighted by atomic mass is 32.1. The molecule has 0 saturated carbocycles. The fraction of sp³-hybridized carbons (Fsp3) is 0.176. The highest BCUT2D eigenvalue weighted by molar-refractivity contribution is 7.11. The lowest BCUT2D eigenvalue weighted by atomic mass is 10.1. The van der Waals surface area contributed by atoms with Crippen LogP contribution in [0.1, 0.15) is 16.0 Å². The second kappa shape index (κ2) is 6.15. The summed E-state index contributed by atoms with van der Waals surface area (Å²) in [6.45, 7) is 4.13. The van der Waals surface area contributed by atoms with Gasteiger partial charge in [0.2, 0.25) is 0 Å². The van der Waals surface area contributed by atoms with Gasteiger partial charge >= 0.3 is 0 Å². The van der Waals surface area contributed by atoms with Crippen molar-refractivity contribution in [3.8, 4) is 5.75 Å². The van der Waals surface area contributed by atoms with E-state index < -0.39 is 0 Å². The van der Waals surface area contributed by atoms with Crippen molar-refractivity contribution in [2.45, 2.75) is 13.8 Å². The quantitative estimate of drug-likeness (QED) is 0.575. The second-order valence-corrected chi connectivity index (χ2v) is 5.99. The van der Waals surface area contributed by atoms with Crippen LogP contribution in [0.3, 0.4) is 0 Å². The minimum atomic E-state index is 0.737. The summed E-state index contributed by atoms with van der Waals surface area (Å²) in [5.74, 6) is 1.57. The normalized spacial score (nSPS) is 11.2. The summed E-state index contributed by atoms with van der Waals surface area (Å²) in [5.41, 5.74) is 6.29. The van der Waals surface area contributed by atoms with Gasteiger partial charge in [-0.2, -0.15) is 5.10 Å². The average molecular weight is 311 g/mol. The van der Waals surface area contributed by atoms with Crippen LogP contribution in [-0.2, 0) is 0 Å². The molecule has 0 unspecified atom stereocenters. The molecule has 0 aliphatic carbocycles. The zero-order valence-corrected chi connectivity index (χ0v) is 13.6. The van der Waals surface area contributed by atoms with Crippen molar-refractivity contribution in [2.24, 2.45) is 5.10 Å². The monoisotopic (exact) mass is 311 g/mol. The van der Waals surface area contributed by atoms with Crippen LogP contribution < -0.4 is 10.2 Å². The van der Waals surface area contributed by atoms with E-state index in [1.165, 1.54) is 5.56 Å². The Hall–Kier alpha value is -2.40. The predicted molar refractivity (Wildman–Crippen MR) is 93.3 cm³/mol. The van der Waals surface area contributed by atoms with Crippen molar-refractivity contribution < 1.29 is 4.74 Å². The maximum Gasteiger partial charge on any atom is 0.147 e. The summed E-state index contributed by atoms with van der Waals surface area (Å²) in [4.78, 5) is 5.72. The van der Waals surface area contributed by atoms with Crippen molar-refractivity contribution in [1.82, 2.24) is 4.98 Å². The first-order valence-corrected chi connectivity index (χ1v) is 7.84. The number of aryl methyl sites for hydroxylation is 2. The Morgan fingerprint density at radius 1 is 1.18 bits per heavy atom. The summed E-state index contributed by atoms with van der Waals surface area (Å²) in [7, 11) is 1.67. The number of anilines is 1. The molecule has 0 fully saturated rings. The standard InChI is InChI=1S/C17H17N3OS/c1-11-6-7-22-16(11)10-18-20-17-8-12(2)14-9-13(21-3)4-5-15(14)19-17/h4-10H,1-3H3,(H,19,20)/b18-10+. The molecule has 3 rings (SSSR count). The number of nitrogens with one attached hydrogen (secondary N) is 1. The van der Waals surface area contributed by atoms with Crippen molar-refractivity contribution >= 4 is 34.3 Å². The maximum absolute atomic E-state index is 5.26. The van der Waals surface area contributed by atoms with E-state index in [0.717, 1.165) is 32.9 Å². The van der Waals surface area contributed by atoms with Gasteiger partial charge in [-0.3, -0.25) is 5.43 Å². The molecular formula is C17H17N3OS. The molecule has 0 radical (unpaired) electrons. The summed E-state index contributed by atoms with van der Waals surface area (Å²) in [6.07, 6.45) is 1.83. The van der Waals surface area contributed by atoms with Crippen molar-refractivity contribution in [3.63, 3.8) is 0 Å². The highest BCUT2D eigenvalue weighted by Crippen LogP contribution is 2.24. The molecule has 1 N–H and O–H groups in total. The van der Waals surface area contributed by atoms with Crippen LogP contribution >= 0.6 is 11.3 Å². The van der Waals surface area contributed by atoms with E-state index in [2.05, 4.69) is 40.8 Å². The van der Waals surface area contributed by atoms with Crippen molar-refractivity contribution in [3.05, 3.63) is 51.7 Å². The molecule has 1 aromatic carbocycles. The molecule has 0 bridgehead atoms. The number of methoxy groups -OCH3 is 1. The lowest BCUT2D eigenvalue weighted by Gasteiger charge is -2.07. The second-order valence-electron chi connectivity index (χ2n) is 5.05. The topological polar surface area (TPSA) is 46.5 Å². The number of nitrogens with zero attached hydrogens (tertiary/aromatic N) is 2. The molecule has 0 atom stereocenters. The van der Waals surface area contributed by atoms with Crippen molar-refractivity contribution in [1.29, 1.82) is 0 Å². The third kappa shape index (κ3) is 2.94. The molecule has 22 heavy (non-hydrogen) atoms. The number of hydrogen-bond acceptors (Lipinski definition) is 5. The average Bonchev–Trinajstić information content (AvgIpc) is 2.92. The van der Waals surface area contributed by atoms with E-state index in [9.17, 15) is 0 Å². The number of fused-ring (bicyclic) bond motifs is 1. The van der Waals surface area contributed by atoms with Gasteiger partial charge in [0.25, 0.3) is 0 Å². The zero-order valence-electron chi connectivity index (χ0n) is 12.8. The smallest absolute Gasteiger partial charge is 0.147 e. The number of pyridine rings is 1. The first-order chi connectivity index (χ1) is 10.7. The first-order valence-electron chi connectivity index (χ1n) is 6.96. The Bertz CT molecular complexity index is 839. The molecule has 2 heterocycles. The fourth-order valence-corrected chi connectivity index (χ4v) is 3.02. The number of hydrazone groups is 1. The van der Waals surface area contributed by atoms with Gasteiger partial charge < -0.3 is 4.74 Å². The minimum absolute atomic E-state index is 0.737. The lowest BCUT2D eigenvalue weighted by Crippen LogP contribution is -1.95. The molecule has 0 aliphatic rings. The predicted octanol–water partition coefficient (Wildman–Crippen LogP) is 4.37. The van der Waals surface area contributed by atoms with Crippen LogP contribution in [0.15, 0.2) is 40.8 Å². The van der Waals surface area contributed by atoms with E-state index in [1.54, 1.807) is 18.4 Å². The van der Waals surface area contributed by atoms with Crippen molar-refractivity contribution in [2.75, 3.05) is 12.5 Å². The molecule has 2 aromatic heterocycles. The third-order valence-electron chi connectivity index (χ3n) is 3.49. The highest BCUT2D eigenvalue weighted by Gasteiger charge is 2.04. The molecule has 0 aliphatic heterocycles. The summed E-state index contributed by atoms with van der Waals surface area (Å²) in [6, 6.07) is 9.94. The number of hydrogen-bond donors (Lipinski definition) is 1. The number of ether oxygens (including phenoxy) is 1. The van der Waals surface area contributed by atoms with Gasteiger partial charge in [-0.05, 0) is 60.7 Å². The summed E-state index contributed by atoms with van der Waals surface area (Å²) in [5, 5.41) is 7.42. The third-order valence-corrected chi connectivity index (χ3v) is 4.44. The summed E-state index contributed by atoms with van der Waals surface area (Å²) >= 11 is 1.67. The molecule has 0 saturated heterocycles. The van der Waals surface area contributed by atoms with Crippen LogP contribution in [-0.4, -0.2) is 18.3 Å². The van der Waals surface area contributed by atoms with Gasteiger partial charge in [0.05, 0.1) is 18.8 Å². The number of aromatic nitrogens is 1.